The number of nitrogens with one attached hydrogen (secondary N) is 1. The number of anilines is 1. The Hall–Kier alpha value is -1.64. The molecule has 0 heterocycles. The second kappa shape index (κ2) is 5.62. The highest BCUT2D eigenvalue weighted by molar-refractivity contribution is 5.95. The van der Waals surface area contributed by atoms with Crippen LogP contribution >= 0.6 is 0 Å². The Labute approximate surface area is 101 Å². The highest BCUT2D eigenvalue weighted by Gasteiger charge is 2.12. The molecular formula is C14H16FNO. The van der Waals surface area contributed by atoms with Gasteiger partial charge in [0.05, 0.1) is 0 Å². The normalized spacial score (nSPS) is 19.1. The van der Waals surface area contributed by atoms with E-state index in [1.54, 1.807) is 18.3 Å². The summed E-state index contributed by atoms with van der Waals surface area (Å²) < 4.78 is 12.7. The van der Waals surface area contributed by atoms with Gasteiger partial charge in [0.25, 0.3) is 0 Å². The highest BCUT2D eigenvalue weighted by Crippen LogP contribution is 2.19. The molecule has 1 aliphatic carbocycles. The van der Waals surface area contributed by atoms with Crippen molar-refractivity contribution in [2.75, 3.05) is 5.32 Å². The van der Waals surface area contributed by atoms with Gasteiger partial charge < -0.3 is 5.32 Å². The van der Waals surface area contributed by atoms with Crippen molar-refractivity contribution in [1.29, 1.82) is 0 Å². The lowest BCUT2D eigenvalue weighted by atomic mass is 10.1. The Morgan fingerprint density at radius 1 is 1.06 bits per heavy atom. The van der Waals surface area contributed by atoms with E-state index in [1.807, 2.05) is 0 Å². The number of benzene rings is 1. The maximum absolute atomic E-state index is 12.7. The van der Waals surface area contributed by atoms with Crippen molar-refractivity contribution < 1.29 is 9.18 Å². The van der Waals surface area contributed by atoms with Gasteiger partial charge in [-0.2, -0.15) is 0 Å². The average molecular weight is 233 g/mol. The quantitative estimate of drug-likeness (QED) is 0.624. The van der Waals surface area contributed by atoms with Crippen LogP contribution in [-0.2, 0) is 4.79 Å². The molecule has 0 spiro atoms. The molecule has 0 aromatic heterocycles. The van der Waals surface area contributed by atoms with Gasteiger partial charge in [0.15, 0.2) is 5.78 Å². The molecule has 0 saturated heterocycles. The number of hydrogen-bond donors (Lipinski definition) is 1. The first-order valence-corrected chi connectivity index (χ1v) is 6.00. The molecule has 2 nitrogen and oxygen atoms in total. The van der Waals surface area contributed by atoms with Crippen LogP contribution in [0, 0.1) is 5.82 Å². The second-order valence-electron chi connectivity index (χ2n) is 4.30. The van der Waals surface area contributed by atoms with Gasteiger partial charge in [-0.25, -0.2) is 4.39 Å². The van der Waals surface area contributed by atoms with E-state index in [0.29, 0.717) is 6.42 Å². The van der Waals surface area contributed by atoms with Crippen LogP contribution in [0.4, 0.5) is 10.1 Å². The van der Waals surface area contributed by atoms with Crippen molar-refractivity contribution in [1.82, 2.24) is 0 Å². The van der Waals surface area contributed by atoms with Crippen molar-refractivity contribution in [3.05, 3.63) is 41.9 Å². The lowest BCUT2D eigenvalue weighted by Gasteiger charge is -2.04. The summed E-state index contributed by atoms with van der Waals surface area (Å²) >= 11 is 0. The summed E-state index contributed by atoms with van der Waals surface area (Å²) in [6, 6.07) is 6.12. The zero-order chi connectivity index (χ0) is 12.1. The van der Waals surface area contributed by atoms with Crippen LogP contribution in [0.1, 0.15) is 32.1 Å². The molecule has 2 rings (SSSR count). The van der Waals surface area contributed by atoms with Crippen LogP contribution in [0.3, 0.4) is 0 Å². The van der Waals surface area contributed by atoms with Gasteiger partial charge in [-0.05, 0) is 43.5 Å². The summed E-state index contributed by atoms with van der Waals surface area (Å²) in [7, 11) is 0. The molecule has 1 aromatic carbocycles. The number of hydrogen-bond acceptors (Lipinski definition) is 2. The van der Waals surface area contributed by atoms with Crippen LogP contribution in [-0.4, -0.2) is 5.78 Å². The summed E-state index contributed by atoms with van der Waals surface area (Å²) in [6.07, 6.45) is 6.44. The van der Waals surface area contributed by atoms with Gasteiger partial charge in [0, 0.05) is 23.9 Å². The van der Waals surface area contributed by atoms with Crippen molar-refractivity contribution in [3.63, 3.8) is 0 Å². The topological polar surface area (TPSA) is 29.1 Å². The zero-order valence-electron chi connectivity index (χ0n) is 9.71. The largest absolute Gasteiger partial charge is 0.361 e. The van der Waals surface area contributed by atoms with Crippen LogP contribution in [0.5, 0.6) is 0 Å². The van der Waals surface area contributed by atoms with Gasteiger partial charge in [-0.15, -0.1) is 0 Å². The Balaban J connectivity index is 2.03. The summed E-state index contributed by atoms with van der Waals surface area (Å²) in [5.74, 6) is -0.0224. The van der Waals surface area contributed by atoms with E-state index in [-0.39, 0.29) is 11.6 Å². The van der Waals surface area contributed by atoms with Crippen LogP contribution in [0.2, 0.25) is 0 Å². The molecular weight excluding hydrogens is 217 g/mol. The van der Waals surface area contributed by atoms with Crippen molar-refractivity contribution in [2.45, 2.75) is 32.1 Å². The Bertz CT molecular complexity index is 422. The Kier molecular flexibility index (Phi) is 3.91. The predicted octanol–water partition coefficient (Wildman–Crippen LogP) is 3.65. The fourth-order valence-corrected chi connectivity index (χ4v) is 1.95. The van der Waals surface area contributed by atoms with Crippen LogP contribution < -0.4 is 5.32 Å². The first kappa shape index (κ1) is 11.8. The lowest BCUT2D eigenvalue weighted by Crippen LogP contribution is -2.02. The van der Waals surface area contributed by atoms with Gasteiger partial charge in [0.1, 0.15) is 5.82 Å². The molecule has 90 valence electrons. The van der Waals surface area contributed by atoms with Gasteiger partial charge in [-0.3, -0.25) is 4.79 Å². The van der Waals surface area contributed by atoms with E-state index in [4.69, 9.17) is 0 Å². The van der Waals surface area contributed by atoms with E-state index in [1.165, 1.54) is 12.1 Å². The molecule has 1 aliphatic rings. The standard InChI is InChI=1S/C14H16FNO/c15-12-6-8-13(9-7-12)16-10-11-4-2-1-3-5-14(11)17/h6-10,16H,1-5H2/b11-10+. The van der Waals surface area contributed by atoms with Crippen molar-refractivity contribution in [2.24, 2.45) is 0 Å². The third-order valence-corrected chi connectivity index (χ3v) is 2.97. The van der Waals surface area contributed by atoms with E-state index in [2.05, 4.69) is 5.32 Å². The van der Waals surface area contributed by atoms with Crippen molar-refractivity contribution >= 4 is 11.5 Å². The molecule has 0 radical (unpaired) electrons. The minimum atomic E-state index is -0.256. The number of halogens is 1. The number of carbonyl (C=O) groups excluding carboxylic acids is 1. The van der Waals surface area contributed by atoms with E-state index in [0.717, 1.165) is 36.9 Å². The van der Waals surface area contributed by atoms with E-state index in [9.17, 15) is 9.18 Å². The number of allylic oxidation sites excluding steroid dienone is 1. The number of ketones is 1. The number of Topliss-reactive ketones (excluding diaryl/α,β-unsaturated/α-hetero) is 1. The van der Waals surface area contributed by atoms with Crippen molar-refractivity contribution in [3.8, 4) is 0 Å². The molecule has 0 atom stereocenters. The minimum Gasteiger partial charge on any atom is -0.361 e. The highest BCUT2D eigenvalue weighted by atomic mass is 19.1. The molecule has 0 bridgehead atoms. The SMILES string of the molecule is O=C1CCCCC/C1=C\Nc1ccc(F)cc1. The molecule has 1 aromatic rings. The number of rotatable bonds is 2. The van der Waals surface area contributed by atoms with Gasteiger partial charge in [-0.1, -0.05) is 6.42 Å². The summed E-state index contributed by atoms with van der Waals surface area (Å²) in [6.45, 7) is 0. The van der Waals surface area contributed by atoms with Crippen LogP contribution in [0.25, 0.3) is 0 Å². The molecule has 0 unspecified atom stereocenters. The van der Waals surface area contributed by atoms with E-state index >= 15 is 0 Å². The lowest BCUT2D eigenvalue weighted by molar-refractivity contribution is -0.115. The molecule has 17 heavy (non-hydrogen) atoms. The molecule has 1 fully saturated rings. The summed E-state index contributed by atoms with van der Waals surface area (Å²) in [5, 5.41) is 3.05. The fourth-order valence-electron chi connectivity index (χ4n) is 1.95. The summed E-state index contributed by atoms with van der Waals surface area (Å²) in [5.41, 5.74) is 1.66. The first-order valence-electron chi connectivity index (χ1n) is 6.00. The average Bonchev–Trinajstić information content (AvgIpc) is 2.54. The molecule has 3 heteroatoms. The molecule has 1 N–H and O–H groups in total. The minimum absolute atomic E-state index is 0.233. The third kappa shape index (κ3) is 3.41. The Morgan fingerprint density at radius 3 is 2.53 bits per heavy atom. The fraction of sp³-hybridized carbons (Fsp3) is 0.357. The smallest absolute Gasteiger partial charge is 0.160 e. The van der Waals surface area contributed by atoms with E-state index < -0.39 is 0 Å². The zero-order valence-corrected chi connectivity index (χ0v) is 9.71. The maximum atomic E-state index is 12.7. The Morgan fingerprint density at radius 2 is 1.76 bits per heavy atom. The van der Waals surface area contributed by atoms with Gasteiger partial charge in [0.2, 0.25) is 0 Å². The van der Waals surface area contributed by atoms with Crippen LogP contribution in [0.15, 0.2) is 36.0 Å². The maximum Gasteiger partial charge on any atom is 0.160 e. The number of carbonyl (C=O) groups is 1. The monoisotopic (exact) mass is 233 g/mol. The summed E-state index contributed by atoms with van der Waals surface area (Å²) in [4.78, 5) is 11.7. The molecule has 0 amide bonds. The van der Waals surface area contributed by atoms with Gasteiger partial charge >= 0.3 is 0 Å². The third-order valence-electron chi connectivity index (χ3n) is 2.97. The first-order chi connectivity index (χ1) is 8.25. The molecule has 1 saturated carbocycles. The predicted molar refractivity (Wildman–Crippen MR) is 66.2 cm³/mol. The molecule has 0 aliphatic heterocycles. The second-order valence-corrected chi connectivity index (χ2v) is 4.30.